The SMILES string of the molecule is C=C1NC(C)=NC(Cc2cc(F)cc(F)c2)=C1CC. The van der Waals surface area contributed by atoms with Crippen molar-refractivity contribution in [2.24, 2.45) is 4.99 Å². The van der Waals surface area contributed by atoms with E-state index in [1.165, 1.54) is 12.1 Å². The van der Waals surface area contributed by atoms with Crippen LogP contribution >= 0.6 is 0 Å². The van der Waals surface area contributed by atoms with Gasteiger partial charge in [0.25, 0.3) is 0 Å². The second-order valence-electron chi connectivity index (χ2n) is 4.53. The Kier molecular flexibility index (Phi) is 3.79. The first-order valence-electron chi connectivity index (χ1n) is 6.18. The Hall–Kier alpha value is -1.97. The number of nitrogens with one attached hydrogen (secondary N) is 1. The molecule has 100 valence electrons. The molecule has 4 heteroatoms. The van der Waals surface area contributed by atoms with Crippen molar-refractivity contribution >= 4 is 5.84 Å². The highest BCUT2D eigenvalue weighted by molar-refractivity contribution is 5.84. The van der Waals surface area contributed by atoms with Gasteiger partial charge in [-0.2, -0.15) is 0 Å². The molecule has 1 aliphatic rings. The van der Waals surface area contributed by atoms with E-state index in [9.17, 15) is 8.78 Å². The number of nitrogens with zero attached hydrogens (tertiary/aromatic N) is 1. The number of halogens is 2. The highest BCUT2D eigenvalue weighted by atomic mass is 19.1. The molecule has 0 radical (unpaired) electrons. The smallest absolute Gasteiger partial charge is 0.126 e. The molecule has 1 aliphatic heterocycles. The molecule has 0 fully saturated rings. The molecule has 1 aromatic rings. The number of hydrogen-bond acceptors (Lipinski definition) is 2. The van der Waals surface area contributed by atoms with E-state index in [0.29, 0.717) is 12.0 Å². The molecule has 19 heavy (non-hydrogen) atoms. The third kappa shape index (κ3) is 3.08. The quantitative estimate of drug-likeness (QED) is 0.882. The zero-order valence-corrected chi connectivity index (χ0v) is 11.1. The Balaban J connectivity index is 2.37. The summed E-state index contributed by atoms with van der Waals surface area (Å²) in [5, 5.41) is 3.07. The number of rotatable bonds is 3. The minimum atomic E-state index is -0.567. The van der Waals surface area contributed by atoms with Crippen LogP contribution in [-0.4, -0.2) is 5.84 Å². The predicted molar refractivity (Wildman–Crippen MR) is 72.8 cm³/mol. The molecule has 0 spiro atoms. The normalized spacial score (nSPS) is 15.4. The summed E-state index contributed by atoms with van der Waals surface area (Å²) in [5.41, 5.74) is 3.19. The second-order valence-corrected chi connectivity index (χ2v) is 4.53. The van der Waals surface area contributed by atoms with Gasteiger partial charge in [0.15, 0.2) is 0 Å². The predicted octanol–water partition coefficient (Wildman–Crippen LogP) is 3.71. The third-order valence-corrected chi connectivity index (χ3v) is 2.99. The highest BCUT2D eigenvalue weighted by Gasteiger charge is 2.15. The van der Waals surface area contributed by atoms with E-state index in [1.54, 1.807) is 0 Å². The van der Waals surface area contributed by atoms with Gasteiger partial charge in [-0.25, -0.2) is 13.8 Å². The van der Waals surface area contributed by atoms with Crippen LogP contribution in [0.1, 0.15) is 25.8 Å². The average molecular weight is 262 g/mol. The summed E-state index contributed by atoms with van der Waals surface area (Å²) in [6.45, 7) is 7.79. The van der Waals surface area contributed by atoms with Gasteiger partial charge in [0.2, 0.25) is 0 Å². The average Bonchev–Trinajstić information content (AvgIpc) is 2.26. The Morgan fingerprint density at radius 2 is 1.84 bits per heavy atom. The van der Waals surface area contributed by atoms with Crippen LogP contribution in [0.25, 0.3) is 0 Å². The molecule has 0 atom stereocenters. The van der Waals surface area contributed by atoms with Crippen molar-refractivity contribution in [3.8, 4) is 0 Å². The van der Waals surface area contributed by atoms with Crippen LogP contribution in [0.5, 0.6) is 0 Å². The lowest BCUT2D eigenvalue weighted by Gasteiger charge is -2.21. The standard InChI is InChI=1S/C15H16F2N2/c1-4-14-9(2)18-10(3)19-15(14)7-11-5-12(16)8-13(17)6-11/h5-6,8H,2,4,7H2,1,3H3,(H,18,19). The van der Waals surface area contributed by atoms with Crippen LogP contribution in [0.15, 0.2) is 46.7 Å². The first kappa shape index (κ1) is 13.5. The first-order valence-corrected chi connectivity index (χ1v) is 6.18. The monoisotopic (exact) mass is 262 g/mol. The van der Waals surface area contributed by atoms with Crippen molar-refractivity contribution in [3.05, 3.63) is 58.9 Å². The second kappa shape index (κ2) is 5.34. The summed E-state index contributed by atoms with van der Waals surface area (Å²) in [4.78, 5) is 4.42. The molecule has 1 N–H and O–H groups in total. The van der Waals surface area contributed by atoms with Crippen molar-refractivity contribution in [1.29, 1.82) is 0 Å². The lowest BCUT2D eigenvalue weighted by molar-refractivity contribution is 0.580. The lowest BCUT2D eigenvalue weighted by Crippen LogP contribution is -2.25. The fourth-order valence-electron chi connectivity index (χ4n) is 2.24. The van der Waals surface area contributed by atoms with Gasteiger partial charge in [0.05, 0.1) is 5.70 Å². The topological polar surface area (TPSA) is 24.4 Å². The molecule has 1 heterocycles. The molecule has 0 aromatic heterocycles. The largest absolute Gasteiger partial charge is 0.344 e. The van der Waals surface area contributed by atoms with Gasteiger partial charge in [0.1, 0.15) is 17.5 Å². The van der Waals surface area contributed by atoms with Gasteiger partial charge in [-0.1, -0.05) is 13.5 Å². The van der Waals surface area contributed by atoms with Crippen LogP contribution in [-0.2, 0) is 6.42 Å². The number of hydrogen-bond donors (Lipinski definition) is 1. The van der Waals surface area contributed by atoms with E-state index in [2.05, 4.69) is 16.9 Å². The van der Waals surface area contributed by atoms with E-state index in [0.717, 1.165) is 35.3 Å². The lowest BCUT2D eigenvalue weighted by atomic mass is 10.0. The molecular weight excluding hydrogens is 246 g/mol. The molecular formula is C15H16F2N2. The van der Waals surface area contributed by atoms with Gasteiger partial charge in [-0.15, -0.1) is 0 Å². The molecule has 2 nitrogen and oxygen atoms in total. The van der Waals surface area contributed by atoms with E-state index >= 15 is 0 Å². The minimum absolute atomic E-state index is 0.399. The van der Waals surface area contributed by atoms with Crippen LogP contribution < -0.4 is 5.32 Å². The minimum Gasteiger partial charge on any atom is -0.344 e. The number of amidine groups is 1. The van der Waals surface area contributed by atoms with Gasteiger partial charge < -0.3 is 5.32 Å². The Morgan fingerprint density at radius 3 is 2.42 bits per heavy atom. The molecule has 0 bridgehead atoms. The molecule has 2 rings (SSSR count). The maximum Gasteiger partial charge on any atom is 0.126 e. The number of allylic oxidation sites excluding steroid dienone is 2. The maximum atomic E-state index is 13.2. The molecule has 0 saturated heterocycles. The summed E-state index contributed by atoms with van der Waals surface area (Å²) >= 11 is 0. The molecule has 1 aromatic carbocycles. The molecule has 0 unspecified atom stereocenters. The van der Waals surface area contributed by atoms with Crippen LogP contribution in [0, 0.1) is 11.6 Å². The van der Waals surface area contributed by atoms with Gasteiger partial charge in [0, 0.05) is 18.2 Å². The van der Waals surface area contributed by atoms with Crippen molar-refractivity contribution in [2.75, 3.05) is 0 Å². The fraction of sp³-hybridized carbons (Fsp3) is 0.267. The zero-order chi connectivity index (χ0) is 14.0. The fourth-order valence-corrected chi connectivity index (χ4v) is 2.24. The van der Waals surface area contributed by atoms with Gasteiger partial charge in [-0.3, -0.25) is 0 Å². The Labute approximate surface area is 111 Å². The Bertz CT molecular complexity index is 566. The van der Waals surface area contributed by atoms with Crippen LogP contribution in [0.2, 0.25) is 0 Å². The van der Waals surface area contributed by atoms with E-state index < -0.39 is 11.6 Å². The summed E-state index contributed by atoms with van der Waals surface area (Å²) in [6.07, 6.45) is 1.17. The third-order valence-electron chi connectivity index (χ3n) is 2.99. The van der Waals surface area contributed by atoms with E-state index in [1.807, 2.05) is 13.8 Å². The van der Waals surface area contributed by atoms with Gasteiger partial charge in [-0.05, 0) is 36.6 Å². The maximum absolute atomic E-state index is 13.2. The summed E-state index contributed by atoms with van der Waals surface area (Å²) in [6, 6.07) is 3.53. The van der Waals surface area contributed by atoms with Crippen LogP contribution in [0.4, 0.5) is 8.78 Å². The van der Waals surface area contributed by atoms with Crippen LogP contribution in [0.3, 0.4) is 0 Å². The molecule has 0 saturated carbocycles. The Morgan fingerprint density at radius 1 is 1.21 bits per heavy atom. The zero-order valence-electron chi connectivity index (χ0n) is 11.1. The van der Waals surface area contributed by atoms with Crippen molar-refractivity contribution in [3.63, 3.8) is 0 Å². The summed E-state index contributed by atoms with van der Waals surface area (Å²) in [5.74, 6) is -0.390. The number of benzene rings is 1. The van der Waals surface area contributed by atoms with E-state index in [4.69, 9.17) is 0 Å². The van der Waals surface area contributed by atoms with Crippen molar-refractivity contribution < 1.29 is 8.78 Å². The number of aliphatic imine (C=N–C) groups is 1. The van der Waals surface area contributed by atoms with Crippen molar-refractivity contribution in [2.45, 2.75) is 26.7 Å². The van der Waals surface area contributed by atoms with Gasteiger partial charge >= 0.3 is 0 Å². The highest BCUT2D eigenvalue weighted by Crippen LogP contribution is 2.24. The summed E-state index contributed by atoms with van der Waals surface area (Å²) < 4.78 is 26.4. The molecule has 0 amide bonds. The van der Waals surface area contributed by atoms with E-state index in [-0.39, 0.29) is 0 Å². The van der Waals surface area contributed by atoms with Crippen molar-refractivity contribution in [1.82, 2.24) is 5.32 Å². The molecule has 0 aliphatic carbocycles. The summed E-state index contributed by atoms with van der Waals surface area (Å²) in [7, 11) is 0. The first-order chi connectivity index (χ1) is 8.99.